The second-order valence-corrected chi connectivity index (χ2v) is 6.91. The Morgan fingerprint density at radius 3 is 2.50 bits per heavy atom. The van der Waals surface area contributed by atoms with Crippen LogP contribution in [0.25, 0.3) is 0 Å². The van der Waals surface area contributed by atoms with Crippen LogP contribution in [0.1, 0.15) is 44.1 Å². The van der Waals surface area contributed by atoms with E-state index in [4.69, 9.17) is 17.3 Å². The second kappa shape index (κ2) is 5.60. The van der Waals surface area contributed by atoms with E-state index in [1.165, 1.54) is 0 Å². The number of aromatic nitrogens is 1. The normalized spacial score (nSPS) is 17.3. The first-order valence-corrected chi connectivity index (χ1v) is 7.38. The van der Waals surface area contributed by atoms with E-state index in [2.05, 4.69) is 25.8 Å². The SMILES string of the molecule is CC(C)(C)C1CCN(C(=O)c2nc(N)ccc2Cl)CC1. The fourth-order valence-corrected chi connectivity index (χ4v) is 2.89. The monoisotopic (exact) mass is 295 g/mol. The van der Waals surface area contributed by atoms with E-state index in [0.717, 1.165) is 25.9 Å². The Kier molecular flexibility index (Phi) is 4.23. The molecule has 5 heteroatoms. The molecule has 1 aliphatic heterocycles. The van der Waals surface area contributed by atoms with Crippen molar-refractivity contribution in [2.75, 3.05) is 18.8 Å². The molecular formula is C15H22ClN3O. The standard InChI is InChI=1S/C15H22ClN3O/c1-15(2,3)10-6-8-19(9-7-10)14(20)13-11(16)4-5-12(17)18-13/h4-5,10H,6-9H2,1-3H3,(H2,17,18). The minimum atomic E-state index is -0.116. The predicted octanol–water partition coefficient (Wildman–Crippen LogP) is 3.22. The molecule has 1 aromatic rings. The molecule has 1 aliphatic rings. The average molecular weight is 296 g/mol. The Hall–Kier alpha value is -1.29. The highest BCUT2D eigenvalue weighted by atomic mass is 35.5. The summed E-state index contributed by atoms with van der Waals surface area (Å²) >= 11 is 6.05. The lowest BCUT2D eigenvalue weighted by Crippen LogP contribution is -2.41. The third-order valence-corrected chi connectivity index (χ3v) is 4.38. The van der Waals surface area contributed by atoms with Gasteiger partial charge < -0.3 is 10.6 Å². The van der Waals surface area contributed by atoms with E-state index in [0.29, 0.717) is 22.2 Å². The fourth-order valence-electron chi connectivity index (χ4n) is 2.71. The van der Waals surface area contributed by atoms with Crippen molar-refractivity contribution in [3.63, 3.8) is 0 Å². The number of carbonyl (C=O) groups is 1. The molecule has 0 atom stereocenters. The summed E-state index contributed by atoms with van der Waals surface area (Å²) in [7, 11) is 0. The van der Waals surface area contributed by atoms with Gasteiger partial charge in [0.05, 0.1) is 5.02 Å². The number of nitrogen functional groups attached to an aromatic ring is 1. The number of hydrogen-bond acceptors (Lipinski definition) is 3. The van der Waals surface area contributed by atoms with Crippen LogP contribution in [0.5, 0.6) is 0 Å². The van der Waals surface area contributed by atoms with Crippen molar-refractivity contribution < 1.29 is 4.79 Å². The molecule has 0 spiro atoms. The van der Waals surface area contributed by atoms with Gasteiger partial charge in [0.15, 0.2) is 0 Å². The molecule has 0 radical (unpaired) electrons. The summed E-state index contributed by atoms with van der Waals surface area (Å²) in [6, 6.07) is 3.23. The molecule has 0 aliphatic carbocycles. The van der Waals surface area contributed by atoms with Gasteiger partial charge in [-0.05, 0) is 36.3 Å². The van der Waals surface area contributed by atoms with E-state index >= 15 is 0 Å². The van der Waals surface area contributed by atoms with Crippen LogP contribution < -0.4 is 5.73 Å². The Labute approximate surface area is 125 Å². The third-order valence-electron chi connectivity index (χ3n) is 4.08. The van der Waals surface area contributed by atoms with Gasteiger partial charge in [0, 0.05) is 13.1 Å². The maximum atomic E-state index is 12.5. The molecule has 0 saturated carbocycles. The summed E-state index contributed by atoms with van der Waals surface area (Å²) in [6.07, 6.45) is 2.05. The number of rotatable bonds is 1. The molecule has 1 saturated heterocycles. The van der Waals surface area contributed by atoms with Crippen molar-refractivity contribution in [1.82, 2.24) is 9.88 Å². The third kappa shape index (κ3) is 3.23. The molecule has 4 nitrogen and oxygen atoms in total. The van der Waals surface area contributed by atoms with E-state index in [1.807, 2.05) is 4.90 Å². The first kappa shape index (κ1) is 15.1. The maximum Gasteiger partial charge on any atom is 0.274 e. The van der Waals surface area contributed by atoms with Crippen LogP contribution in [0, 0.1) is 11.3 Å². The number of carbonyl (C=O) groups excluding carboxylic acids is 1. The summed E-state index contributed by atoms with van der Waals surface area (Å²) in [4.78, 5) is 18.4. The van der Waals surface area contributed by atoms with E-state index in [1.54, 1.807) is 12.1 Å². The number of pyridine rings is 1. The highest BCUT2D eigenvalue weighted by molar-refractivity contribution is 6.33. The predicted molar refractivity (Wildman–Crippen MR) is 81.7 cm³/mol. The molecule has 1 fully saturated rings. The number of piperidine rings is 1. The van der Waals surface area contributed by atoms with Crippen LogP contribution in [0.4, 0.5) is 5.82 Å². The highest BCUT2D eigenvalue weighted by Crippen LogP contribution is 2.34. The molecule has 110 valence electrons. The maximum absolute atomic E-state index is 12.5. The molecule has 2 heterocycles. The van der Waals surface area contributed by atoms with Crippen molar-refractivity contribution in [3.05, 3.63) is 22.8 Å². The van der Waals surface area contributed by atoms with Crippen LogP contribution >= 0.6 is 11.6 Å². The molecule has 2 N–H and O–H groups in total. The lowest BCUT2D eigenvalue weighted by molar-refractivity contribution is 0.0603. The van der Waals surface area contributed by atoms with E-state index in [9.17, 15) is 4.79 Å². The van der Waals surface area contributed by atoms with Crippen LogP contribution in [-0.2, 0) is 0 Å². The van der Waals surface area contributed by atoms with E-state index < -0.39 is 0 Å². The van der Waals surface area contributed by atoms with Crippen LogP contribution in [0.15, 0.2) is 12.1 Å². The van der Waals surface area contributed by atoms with Gasteiger partial charge in [-0.25, -0.2) is 4.98 Å². The fraction of sp³-hybridized carbons (Fsp3) is 0.600. The highest BCUT2D eigenvalue weighted by Gasteiger charge is 2.31. The van der Waals surface area contributed by atoms with Gasteiger partial charge in [0.1, 0.15) is 11.5 Å². The zero-order chi connectivity index (χ0) is 14.9. The molecule has 1 amide bonds. The van der Waals surface area contributed by atoms with Crippen LogP contribution in [0.2, 0.25) is 5.02 Å². The number of hydrogen-bond donors (Lipinski definition) is 1. The van der Waals surface area contributed by atoms with Crippen LogP contribution in [-0.4, -0.2) is 28.9 Å². The van der Waals surface area contributed by atoms with Crippen molar-refractivity contribution in [1.29, 1.82) is 0 Å². The number of amides is 1. The Bertz CT molecular complexity index is 502. The van der Waals surface area contributed by atoms with Crippen molar-refractivity contribution in [2.45, 2.75) is 33.6 Å². The van der Waals surface area contributed by atoms with Gasteiger partial charge in [-0.2, -0.15) is 0 Å². The molecule has 20 heavy (non-hydrogen) atoms. The largest absolute Gasteiger partial charge is 0.384 e. The lowest BCUT2D eigenvalue weighted by Gasteiger charge is -2.38. The Balaban J connectivity index is 2.07. The number of nitrogens with zero attached hydrogens (tertiary/aromatic N) is 2. The minimum Gasteiger partial charge on any atom is -0.384 e. The van der Waals surface area contributed by atoms with Gasteiger partial charge >= 0.3 is 0 Å². The number of anilines is 1. The second-order valence-electron chi connectivity index (χ2n) is 6.50. The quantitative estimate of drug-likeness (QED) is 0.865. The molecule has 1 aromatic heterocycles. The number of likely N-dealkylation sites (tertiary alicyclic amines) is 1. The Morgan fingerprint density at radius 2 is 1.95 bits per heavy atom. The number of halogens is 1. The first-order chi connectivity index (χ1) is 9.29. The molecular weight excluding hydrogens is 274 g/mol. The van der Waals surface area contributed by atoms with Crippen LogP contribution in [0.3, 0.4) is 0 Å². The lowest BCUT2D eigenvalue weighted by atomic mass is 9.75. The zero-order valence-electron chi connectivity index (χ0n) is 12.3. The van der Waals surface area contributed by atoms with Gasteiger partial charge in [0.25, 0.3) is 5.91 Å². The minimum absolute atomic E-state index is 0.116. The molecule has 0 aromatic carbocycles. The smallest absolute Gasteiger partial charge is 0.274 e. The zero-order valence-corrected chi connectivity index (χ0v) is 13.1. The summed E-state index contributed by atoms with van der Waals surface area (Å²) in [5.74, 6) is 0.854. The average Bonchev–Trinajstić information content (AvgIpc) is 2.40. The number of nitrogens with two attached hydrogens (primary N) is 1. The van der Waals surface area contributed by atoms with Crippen molar-refractivity contribution >= 4 is 23.3 Å². The van der Waals surface area contributed by atoms with Gasteiger partial charge in [-0.3, -0.25) is 4.79 Å². The van der Waals surface area contributed by atoms with Crippen molar-refractivity contribution in [3.8, 4) is 0 Å². The van der Waals surface area contributed by atoms with Gasteiger partial charge in [-0.1, -0.05) is 32.4 Å². The van der Waals surface area contributed by atoms with Gasteiger partial charge in [-0.15, -0.1) is 0 Å². The summed E-state index contributed by atoms with van der Waals surface area (Å²) in [5, 5.41) is 0.363. The molecule has 0 unspecified atom stereocenters. The summed E-state index contributed by atoms with van der Waals surface area (Å²) in [6.45, 7) is 8.28. The Morgan fingerprint density at radius 1 is 1.35 bits per heavy atom. The summed E-state index contributed by atoms with van der Waals surface area (Å²) < 4.78 is 0. The van der Waals surface area contributed by atoms with Gasteiger partial charge in [0.2, 0.25) is 0 Å². The molecule has 0 bridgehead atoms. The van der Waals surface area contributed by atoms with E-state index in [-0.39, 0.29) is 11.6 Å². The summed E-state index contributed by atoms with van der Waals surface area (Å²) in [5.41, 5.74) is 6.19. The molecule has 2 rings (SSSR count). The first-order valence-electron chi connectivity index (χ1n) is 7.00. The van der Waals surface area contributed by atoms with Crippen molar-refractivity contribution in [2.24, 2.45) is 11.3 Å². The topological polar surface area (TPSA) is 59.2 Å².